The SMILES string of the molecule is CC/C=C/C/C=C/C/C=C/C/C=C/C/C=C/C/C=C/C/C=C/CCCC(=O)OCC(COCCC(C(=O)O)[N+](C)(C)C)OC(=O)CCCCCCCCCCCCCCCC. The molecule has 8 heteroatoms. The average molecular weight is 853 g/mol. The molecule has 0 aromatic carbocycles. The van der Waals surface area contributed by atoms with Gasteiger partial charge in [-0.3, -0.25) is 9.59 Å². The second kappa shape index (κ2) is 43.2. The topological polar surface area (TPSA) is 99.1 Å². The third kappa shape index (κ3) is 41.6. The summed E-state index contributed by atoms with van der Waals surface area (Å²) in [6, 6.07) is -0.626. The first-order valence-electron chi connectivity index (χ1n) is 24.1. The van der Waals surface area contributed by atoms with Crippen LogP contribution in [0.1, 0.15) is 181 Å². The van der Waals surface area contributed by atoms with Crippen molar-refractivity contribution in [2.45, 2.75) is 193 Å². The van der Waals surface area contributed by atoms with Crippen LogP contribution in [-0.2, 0) is 28.6 Å². The molecule has 0 amide bonds. The zero-order valence-electron chi connectivity index (χ0n) is 39.6. The predicted molar refractivity (Wildman–Crippen MR) is 256 cm³/mol. The maximum atomic E-state index is 12.7. The van der Waals surface area contributed by atoms with Crippen molar-refractivity contribution in [1.82, 2.24) is 0 Å². The molecule has 0 aliphatic rings. The zero-order chi connectivity index (χ0) is 44.9. The Hall–Kier alpha value is -3.49. The molecule has 0 aromatic rings. The Morgan fingerprint density at radius 1 is 0.508 bits per heavy atom. The van der Waals surface area contributed by atoms with Crippen LogP contribution in [0, 0.1) is 0 Å². The Labute approximate surface area is 373 Å². The number of allylic oxidation sites excluding steroid dienone is 14. The summed E-state index contributed by atoms with van der Waals surface area (Å²) >= 11 is 0. The first-order valence-corrected chi connectivity index (χ1v) is 24.1. The summed E-state index contributed by atoms with van der Waals surface area (Å²) < 4.78 is 17.3. The van der Waals surface area contributed by atoms with Crippen LogP contribution in [0.15, 0.2) is 85.1 Å². The van der Waals surface area contributed by atoms with Crippen molar-refractivity contribution in [1.29, 1.82) is 0 Å². The van der Waals surface area contributed by atoms with Gasteiger partial charge < -0.3 is 23.8 Å². The maximum Gasteiger partial charge on any atom is 0.362 e. The highest BCUT2D eigenvalue weighted by Crippen LogP contribution is 2.15. The van der Waals surface area contributed by atoms with E-state index in [2.05, 4.69) is 98.9 Å². The van der Waals surface area contributed by atoms with E-state index in [4.69, 9.17) is 14.2 Å². The third-order valence-corrected chi connectivity index (χ3v) is 10.3. The number of esters is 2. The highest BCUT2D eigenvalue weighted by Gasteiger charge is 2.31. The number of carbonyl (C=O) groups is 3. The number of carbonyl (C=O) groups excluding carboxylic acids is 2. The van der Waals surface area contributed by atoms with E-state index in [-0.39, 0.29) is 42.7 Å². The molecule has 0 aromatic heterocycles. The Kier molecular flexibility index (Phi) is 40.7. The van der Waals surface area contributed by atoms with Crippen molar-refractivity contribution in [2.75, 3.05) is 41.0 Å². The molecule has 0 heterocycles. The molecule has 0 saturated heterocycles. The molecule has 2 unspecified atom stereocenters. The van der Waals surface area contributed by atoms with E-state index >= 15 is 0 Å². The Bertz CT molecular complexity index is 1270. The van der Waals surface area contributed by atoms with Crippen molar-refractivity contribution < 1.29 is 38.2 Å². The number of nitrogens with zero attached hydrogens (tertiary/aromatic N) is 1. The van der Waals surface area contributed by atoms with Crippen LogP contribution in [0.5, 0.6) is 0 Å². The molecule has 0 fully saturated rings. The van der Waals surface area contributed by atoms with Crippen LogP contribution in [-0.4, -0.2) is 80.6 Å². The molecule has 0 spiro atoms. The number of aliphatic carboxylic acids is 1. The molecule has 1 N–H and O–H groups in total. The van der Waals surface area contributed by atoms with Crippen molar-refractivity contribution >= 4 is 17.9 Å². The van der Waals surface area contributed by atoms with Gasteiger partial charge in [0.15, 0.2) is 12.1 Å². The standard InChI is InChI=1S/C53H89NO7/c1-6-8-10-12-14-16-18-20-22-23-24-25-26-27-28-29-30-32-33-35-37-39-41-43-51(55)60-48-49(47-59-46-45-50(53(57)58)54(3,4)5)61-52(56)44-42-40-38-36-34-31-21-19-17-15-13-11-9-7-2/h8,10,14,16,20,22,24-25,27-28,30,32,35,37,49-50H,6-7,9,11-13,15,17-19,21,23,26,29,31,33-34,36,38-48H2,1-5H3/p+1/b10-8+,16-14+,22-20+,25-24+,28-27+,32-30+,37-35+. The lowest BCUT2D eigenvalue weighted by Crippen LogP contribution is -2.50. The van der Waals surface area contributed by atoms with E-state index < -0.39 is 18.1 Å². The molecule has 0 bridgehead atoms. The normalized spacial score (nSPS) is 13.7. The van der Waals surface area contributed by atoms with Gasteiger partial charge in [0.05, 0.1) is 34.4 Å². The van der Waals surface area contributed by atoms with Crippen LogP contribution in [0.3, 0.4) is 0 Å². The summed E-state index contributed by atoms with van der Waals surface area (Å²) in [6.07, 6.45) is 56.3. The van der Waals surface area contributed by atoms with Crippen molar-refractivity contribution in [3.63, 3.8) is 0 Å². The van der Waals surface area contributed by atoms with E-state index in [1.54, 1.807) is 0 Å². The summed E-state index contributed by atoms with van der Waals surface area (Å²) in [7, 11) is 5.51. The largest absolute Gasteiger partial charge is 0.477 e. The predicted octanol–water partition coefficient (Wildman–Crippen LogP) is 13.7. The lowest BCUT2D eigenvalue weighted by molar-refractivity contribution is -0.887. The van der Waals surface area contributed by atoms with Gasteiger partial charge in [-0.1, -0.05) is 182 Å². The third-order valence-electron chi connectivity index (χ3n) is 10.3. The van der Waals surface area contributed by atoms with Crippen molar-refractivity contribution in [3.8, 4) is 0 Å². The van der Waals surface area contributed by atoms with E-state index in [1.165, 1.54) is 70.6 Å². The fourth-order valence-electron chi connectivity index (χ4n) is 6.61. The number of ether oxygens (including phenoxy) is 3. The lowest BCUT2D eigenvalue weighted by atomic mass is 10.0. The van der Waals surface area contributed by atoms with Crippen molar-refractivity contribution in [2.24, 2.45) is 0 Å². The number of rotatable bonds is 42. The molecule has 0 aliphatic heterocycles. The van der Waals surface area contributed by atoms with E-state index in [9.17, 15) is 19.5 Å². The highest BCUT2D eigenvalue weighted by atomic mass is 16.6. The van der Waals surface area contributed by atoms with Crippen LogP contribution in [0.2, 0.25) is 0 Å². The van der Waals surface area contributed by atoms with Crippen LogP contribution < -0.4 is 0 Å². The van der Waals surface area contributed by atoms with Gasteiger partial charge in [0.1, 0.15) is 6.61 Å². The molecule has 61 heavy (non-hydrogen) atoms. The molecule has 0 rings (SSSR count). The monoisotopic (exact) mass is 853 g/mol. The van der Waals surface area contributed by atoms with Gasteiger partial charge in [0.25, 0.3) is 0 Å². The molecule has 8 nitrogen and oxygen atoms in total. The fourth-order valence-corrected chi connectivity index (χ4v) is 6.61. The Morgan fingerprint density at radius 3 is 1.34 bits per heavy atom. The summed E-state index contributed by atoms with van der Waals surface area (Å²) in [4.78, 5) is 37.0. The first-order chi connectivity index (χ1) is 29.6. The van der Waals surface area contributed by atoms with E-state index in [0.717, 1.165) is 70.6 Å². The maximum absolute atomic E-state index is 12.7. The zero-order valence-corrected chi connectivity index (χ0v) is 39.6. The Balaban J connectivity index is 4.39. The van der Waals surface area contributed by atoms with Crippen LogP contribution in [0.4, 0.5) is 0 Å². The van der Waals surface area contributed by atoms with Crippen LogP contribution in [0.25, 0.3) is 0 Å². The van der Waals surface area contributed by atoms with Gasteiger partial charge in [-0.2, -0.15) is 0 Å². The number of carboxylic acid groups (broad SMARTS) is 1. The molecule has 348 valence electrons. The molecular weight excluding hydrogens is 763 g/mol. The first kappa shape index (κ1) is 57.5. The van der Waals surface area contributed by atoms with Crippen molar-refractivity contribution in [3.05, 3.63) is 85.1 Å². The van der Waals surface area contributed by atoms with Gasteiger partial charge in [0.2, 0.25) is 0 Å². The minimum Gasteiger partial charge on any atom is -0.477 e. The number of carboxylic acids is 1. The Morgan fingerprint density at radius 2 is 0.918 bits per heavy atom. The van der Waals surface area contributed by atoms with Gasteiger partial charge >= 0.3 is 17.9 Å². The molecule has 2 atom stereocenters. The van der Waals surface area contributed by atoms with E-state index in [0.29, 0.717) is 19.3 Å². The second-order valence-electron chi connectivity index (χ2n) is 17.0. The number of likely N-dealkylation sites (N-methyl/N-ethyl adjacent to an activating group) is 1. The summed E-state index contributed by atoms with van der Waals surface area (Å²) in [5.74, 6) is -1.55. The average Bonchev–Trinajstić information content (AvgIpc) is 3.22. The smallest absolute Gasteiger partial charge is 0.362 e. The summed E-state index contributed by atoms with van der Waals surface area (Å²) in [6.45, 7) is 4.56. The minimum absolute atomic E-state index is 0.0403. The van der Waals surface area contributed by atoms with Crippen LogP contribution >= 0.6 is 0 Å². The second-order valence-corrected chi connectivity index (χ2v) is 17.0. The minimum atomic E-state index is -0.885. The quantitative estimate of drug-likeness (QED) is 0.0283. The number of hydrogen-bond acceptors (Lipinski definition) is 6. The number of unbranched alkanes of at least 4 members (excludes halogenated alkanes) is 14. The molecule has 0 aliphatic carbocycles. The van der Waals surface area contributed by atoms with E-state index in [1.807, 2.05) is 21.1 Å². The van der Waals surface area contributed by atoms with Gasteiger partial charge in [0, 0.05) is 19.3 Å². The molecular formula is C53H90NO7+. The lowest BCUT2D eigenvalue weighted by Gasteiger charge is -2.31. The van der Waals surface area contributed by atoms with Gasteiger partial charge in [-0.15, -0.1) is 0 Å². The molecule has 0 radical (unpaired) electrons. The molecule has 0 saturated carbocycles. The summed E-state index contributed by atoms with van der Waals surface area (Å²) in [5, 5.41) is 9.63. The number of quaternary nitrogens is 1. The number of hydrogen-bond donors (Lipinski definition) is 1. The van der Waals surface area contributed by atoms with Gasteiger partial charge in [-0.25, -0.2) is 4.79 Å². The fraction of sp³-hybridized carbons (Fsp3) is 0.679. The summed E-state index contributed by atoms with van der Waals surface area (Å²) in [5.41, 5.74) is 0. The van der Waals surface area contributed by atoms with Gasteiger partial charge in [-0.05, 0) is 64.2 Å². The highest BCUT2D eigenvalue weighted by molar-refractivity contribution is 5.72.